The monoisotopic (exact) mass is 286 g/mol. The SMILES string of the molecule is Cc1cccc(C(=O)N2CCCC(CN3CCCC3)C2)c1. The van der Waals surface area contributed by atoms with E-state index in [1.165, 1.54) is 38.9 Å². The van der Waals surface area contributed by atoms with E-state index in [2.05, 4.69) is 9.80 Å². The van der Waals surface area contributed by atoms with Crippen LogP contribution in [0.5, 0.6) is 0 Å². The van der Waals surface area contributed by atoms with Crippen molar-refractivity contribution in [2.45, 2.75) is 32.6 Å². The molecule has 0 aliphatic carbocycles. The fourth-order valence-electron chi connectivity index (χ4n) is 3.69. The Kier molecular flexibility index (Phi) is 4.59. The molecule has 0 saturated carbocycles. The first kappa shape index (κ1) is 14.6. The molecule has 2 heterocycles. The van der Waals surface area contributed by atoms with Crippen molar-refractivity contribution in [3.63, 3.8) is 0 Å². The van der Waals surface area contributed by atoms with Gasteiger partial charge in [0.1, 0.15) is 0 Å². The Bertz CT molecular complexity index is 494. The van der Waals surface area contributed by atoms with Gasteiger partial charge in [-0.25, -0.2) is 0 Å². The highest BCUT2D eigenvalue weighted by Crippen LogP contribution is 2.21. The van der Waals surface area contributed by atoms with E-state index >= 15 is 0 Å². The predicted octanol–water partition coefficient (Wildman–Crippen LogP) is 2.94. The number of nitrogens with zero attached hydrogens (tertiary/aromatic N) is 2. The molecule has 3 nitrogen and oxygen atoms in total. The van der Waals surface area contributed by atoms with Gasteiger partial charge in [-0.15, -0.1) is 0 Å². The summed E-state index contributed by atoms with van der Waals surface area (Å²) in [4.78, 5) is 17.3. The third-order valence-corrected chi connectivity index (χ3v) is 4.79. The number of amides is 1. The van der Waals surface area contributed by atoms with Crippen LogP contribution < -0.4 is 0 Å². The van der Waals surface area contributed by atoms with Crippen molar-refractivity contribution in [1.82, 2.24) is 9.80 Å². The quantitative estimate of drug-likeness (QED) is 0.853. The van der Waals surface area contributed by atoms with E-state index in [0.29, 0.717) is 5.92 Å². The van der Waals surface area contributed by atoms with Crippen LogP contribution in [0.1, 0.15) is 41.6 Å². The van der Waals surface area contributed by atoms with Gasteiger partial charge in [-0.1, -0.05) is 17.7 Å². The summed E-state index contributed by atoms with van der Waals surface area (Å²) in [6.45, 7) is 7.58. The molecule has 3 rings (SSSR count). The summed E-state index contributed by atoms with van der Waals surface area (Å²) in [5, 5.41) is 0. The Morgan fingerprint density at radius 2 is 2.00 bits per heavy atom. The van der Waals surface area contributed by atoms with E-state index in [9.17, 15) is 4.79 Å². The average molecular weight is 286 g/mol. The van der Waals surface area contributed by atoms with E-state index in [1.54, 1.807) is 0 Å². The van der Waals surface area contributed by atoms with Gasteiger partial charge < -0.3 is 9.80 Å². The van der Waals surface area contributed by atoms with Gasteiger partial charge in [-0.2, -0.15) is 0 Å². The molecule has 0 radical (unpaired) electrons. The maximum absolute atomic E-state index is 12.6. The molecule has 0 N–H and O–H groups in total. The average Bonchev–Trinajstić information content (AvgIpc) is 3.00. The van der Waals surface area contributed by atoms with Crippen molar-refractivity contribution in [3.05, 3.63) is 35.4 Å². The van der Waals surface area contributed by atoms with Gasteiger partial charge in [0.05, 0.1) is 0 Å². The zero-order valence-electron chi connectivity index (χ0n) is 13.1. The van der Waals surface area contributed by atoms with Crippen LogP contribution in [-0.2, 0) is 0 Å². The van der Waals surface area contributed by atoms with Crippen molar-refractivity contribution >= 4 is 5.91 Å². The second-order valence-corrected chi connectivity index (χ2v) is 6.64. The molecule has 0 spiro atoms. The Labute approximate surface area is 127 Å². The molecule has 1 atom stereocenters. The maximum Gasteiger partial charge on any atom is 0.253 e. The standard InChI is InChI=1S/C18H26N2O/c1-15-6-4-8-17(12-15)18(21)20-11-5-7-16(14-20)13-19-9-2-3-10-19/h4,6,8,12,16H,2-3,5,7,9-11,13-14H2,1H3. The molecule has 21 heavy (non-hydrogen) atoms. The van der Waals surface area contributed by atoms with Crippen molar-refractivity contribution in [3.8, 4) is 0 Å². The number of carbonyl (C=O) groups is 1. The molecule has 3 heteroatoms. The number of hydrogen-bond donors (Lipinski definition) is 0. The highest BCUT2D eigenvalue weighted by atomic mass is 16.2. The zero-order chi connectivity index (χ0) is 14.7. The van der Waals surface area contributed by atoms with Crippen molar-refractivity contribution in [1.29, 1.82) is 0 Å². The highest BCUT2D eigenvalue weighted by Gasteiger charge is 2.26. The van der Waals surface area contributed by atoms with E-state index in [1.807, 2.05) is 31.2 Å². The van der Waals surface area contributed by atoms with Crippen molar-refractivity contribution in [2.75, 3.05) is 32.7 Å². The maximum atomic E-state index is 12.6. The van der Waals surface area contributed by atoms with Crippen LogP contribution in [0.4, 0.5) is 0 Å². The lowest BCUT2D eigenvalue weighted by atomic mass is 9.96. The summed E-state index contributed by atoms with van der Waals surface area (Å²) in [6, 6.07) is 7.98. The lowest BCUT2D eigenvalue weighted by molar-refractivity contribution is 0.0648. The van der Waals surface area contributed by atoms with Crippen LogP contribution >= 0.6 is 0 Å². The molecule has 0 aromatic heterocycles. The molecule has 1 aromatic rings. The smallest absolute Gasteiger partial charge is 0.253 e. The molecule has 2 aliphatic rings. The normalized spacial score (nSPS) is 23.5. The summed E-state index contributed by atoms with van der Waals surface area (Å²) >= 11 is 0. The Hall–Kier alpha value is -1.35. The van der Waals surface area contributed by atoms with Crippen LogP contribution in [0.2, 0.25) is 0 Å². The Morgan fingerprint density at radius 1 is 1.19 bits per heavy atom. The number of aryl methyl sites for hydroxylation is 1. The molecular weight excluding hydrogens is 260 g/mol. The highest BCUT2D eigenvalue weighted by molar-refractivity contribution is 5.94. The zero-order valence-corrected chi connectivity index (χ0v) is 13.1. The third-order valence-electron chi connectivity index (χ3n) is 4.79. The minimum absolute atomic E-state index is 0.213. The van der Waals surface area contributed by atoms with E-state index in [-0.39, 0.29) is 5.91 Å². The molecule has 1 amide bonds. The van der Waals surface area contributed by atoms with Crippen LogP contribution in [0.15, 0.2) is 24.3 Å². The summed E-state index contributed by atoms with van der Waals surface area (Å²) in [7, 11) is 0. The molecule has 2 aliphatic heterocycles. The van der Waals surface area contributed by atoms with Gasteiger partial charge >= 0.3 is 0 Å². The molecule has 2 saturated heterocycles. The number of likely N-dealkylation sites (tertiary alicyclic amines) is 2. The van der Waals surface area contributed by atoms with Crippen molar-refractivity contribution in [2.24, 2.45) is 5.92 Å². The predicted molar refractivity (Wildman–Crippen MR) is 85.5 cm³/mol. The van der Waals surface area contributed by atoms with Gasteiger partial charge in [0.2, 0.25) is 0 Å². The number of benzene rings is 1. The summed E-state index contributed by atoms with van der Waals surface area (Å²) < 4.78 is 0. The number of hydrogen-bond acceptors (Lipinski definition) is 2. The van der Waals surface area contributed by atoms with Crippen LogP contribution in [-0.4, -0.2) is 48.4 Å². The summed E-state index contributed by atoms with van der Waals surface area (Å²) in [5.41, 5.74) is 2.00. The van der Waals surface area contributed by atoms with Gasteiger partial charge in [-0.3, -0.25) is 4.79 Å². The Morgan fingerprint density at radius 3 is 2.76 bits per heavy atom. The second kappa shape index (κ2) is 6.61. The minimum Gasteiger partial charge on any atom is -0.338 e. The molecule has 0 bridgehead atoms. The van der Waals surface area contributed by atoms with Crippen LogP contribution in [0, 0.1) is 12.8 Å². The van der Waals surface area contributed by atoms with E-state index in [4.69, 9.17) is 0 Å². The fraction of sp³-hybridized carbons (Fsp3) is 0.611. The number of carbonyl (C=O) groups excluding carboxylic acids is 1. The molecule has 1 aromatic carbocycles. The van der Waals surface area contributed by atoms with E-state index in [0.717, 1.165) is 30.6 Å². The summed E-state index contributed by atoms with van der Waals surface area (Å²) in [5.74, 6) is 0.871. The van der Waals surface area contributed by atoms with Gasteiger partial charge in [-0.05, 0) is 63.7 Å². The lowest BCUT2D eigenvalue weighted by Crippen LogP contribution is -2.43. The molecule has 114 valence electrons. The summed E-state index contributed by atoms with van der Waals surface area (Å²) in [6.07, 6.45) is 5.11. The fourth-order valence-corrected chi connectivity index (χ4v) is 3.69. The van der Waals surface area contributed by atoms with Crippen LogP contribution in [0.25, 0.3) is 0 Å². The first-order valence-corrected chi connectivity index (χ1v) is 8.30. The van der Waals surface area contributed by atoms with Gasteiger partial charge in [0.15, 0.2) is 0 Å². The van der Waals surface area contributed by atoms with Gasteiger partial charge in [0.25, 0.3) is 5.91 Å². The minimum atomic E-state index is 0.213. The van der Waals surface area contributed by atoms with Gasteiger partial charge in [0, 0.05) is 25.2 Å². The molecule has 2 fully saturated rings. The third kappa shape index (κ3) is 3.65. The molecular formula is C18H26N2O. The van der Waals surface area contributed by atoms with Crippen LogP contribution in [0.3, 0.4) is 0 Å². The first-order valence-electron chi connectivity index (χ1n) is 8.30. The lowest BCUT2D eigenvalue weighted by Gasteiger charge is -2.34. The molecule has 1 unspecified atom stereocenters. The largest absolute Gasteiger partial charge is 0.338 e. The number of piperidine rings is 1. The number of rotatable bonds is 3. The second-order valence-electron chi connectivity index (χ2n) is 6.64. The first-order chi connectivity index (χ1) is 10.2. The van der Waals surface area contributed by atoms with E-state index < -0.39 is 0 Å². The Balaban J connectivity index is 1.61. The topological polar surface area (TPSA) is 23.6 Å². The van der Waals surface area contributed by atoms with Crippen molar-refractivity contribution < 1.29 is 4.79 Å².